The van der Waals surface area contributed by atoms with E-state index in [4.69, 9.17) is 5.26 Å². The number of hydrogen-bond acceptors (Lipinski definition) is 6. The molecule has 3 aromatic rings. The highest BCUT2D eigenvalue weighted by molar-refractivity contribution is 6.03. The molecular formula is C27H24F4N6O. The molecule has 11 heteroatoms. The van der Waals surface area contributed by atoms with Gasteiger partial charge in [0.15, 0.2) is 0 Å². The summed E-state index contributed by atoms with van der Waals surface area (Å²) in [5, 5.41) is 12.2. The van der Waals surface area contributed by atoms with E-state index in [9.17, 15) is 22.4 Å². The molecule has 0 aliphatic carbocycles. The van der Waals surface area contributed by atoms with E-state index in [2.05, 4.69) is 21.4 Å². The number of carbonyl (C=O) groups is 1. The molecule has 0 bridgehead atoms. The lowest BCUT2D eigenvalue weighted by Gasteiger charge is -2.40. The van der Waals surface area contributed by atoms with E-state index in [1.54, 1.807) is 36.1 Å². The van der Waals surface area contributed by atoms with Gasteiger partial charge in [0.05, 0.1) is 35.5 Å². The molecule has 0 radical (unpaired) electrons. The average molecular weight is 525 g/mol. The van der Waals surface area contributed by atoms with Crippen LogP contribution in [-0.4, -0.2) is 40.9 Å². The normalized spacial score (nSPS) is 20.3. The Kier molecular flexibility index (Phi) is 6.31. The minimum Gasteiger partial charge on any atom is -0.363 e. The van der Waals surface area contributed by atoms with Gasteiger partial charge >= 0.3 is 6.18 Å². The maximum Gasteiger partial charge on any atom is 0.419 e. The minimum atomic E-state index is -4.82. The number of amides is 1. The monoisotopic (exact) mass is 524 g/mol. The molecule has 7 nitrogen and oxygen atoms in total. The molecule has 2 aromatic carbocycles. The van der Waals surface area contributed by atoms with E-state index < -0.39 is 29.0 Å². The van der Waals surface area contributed by atoms with Gasteiger partial charge in [0.2, 0.25) is 5.91 Å². The van der Waals surface area contributed by atoms with E-state index >= 15 is 0 Å². The fourth-order valence-electron chi connectivity index (χ4n) is 5.37. The molecule has 0 saturated carbocycles. The molecule has 1 saturated heterocycles. The van der Waals surface area contributed by atoms with Gasteiger partial charge in [0, 0.05) is 23.4 Å². The van der Waals surface area contributed by atoms with Crippen LogP contribution in [0.1, 0.15) is 47.3 Å². The zero-order valence-corrected chi connectivity index (χ0v) is 20.7. The van der Waals surface area contributed by atoms with Gasteiger partial charge in [0.25, 0.3) is 0 Å². The van der Waals surface area contributed by atoms with E-state index in [0.29, 0.717) is 53.9 Å². The largest absolute Gasteiger partial charge is 0.419 e. The van der Waals surface area contributed by atoms with E-state index in [1.807, 2.05) is 11.9 Å². The van der Waals surface area contributed by atoms with Gasteiger partial charge in [-0.2, -0.15) is 18.4 Å². The number of anilines is 2. The number of nitriles is 1. The van der Waals surface area contributed by atoms with Crippen molar-refractivity contribution in [2.24, 2.45) is 0 Å². The maximum absolute atomic E-state index is 14.9. The van der Waals surface area contributed by atoms with Crippen molar-refractivity contribution in [3.8, 4) is 6.07 Å². The third kappa shape index (κ3) is 4.24. The second-order valence-electron chi connectivity index (χ2n) is 9.74. The Hall–Kier alpha value is -4.04. The highest BCUT2D eigenvalue weighted by Gasteiger charge is 2.53. The summed E-state index contributed by atoms with van der Waals surface area (Å²) in [6, 6.07) is 11.0. The number of fused-ring (bicyclic) bond motifs is 2. The smallest absolute Gasteiger partial charge is 0.363 e. The lowest BCUT2D eigenvalue weighted by Crippen LogP contribution is -2.53. The SMILES string of the molecule is C[C@@H](Nc1ncnc2c1CN(c1ccc(C#N)cc1)C(=O)C21CCN(C)C1)c1cccc(C(F)(F)F)c1F. The second-order valence-corrected chi connectivity index (χ2v) is 9.74. The summed E-state index contributed by atoms with van der Waals surface area (Å²) in [7, 11) is 1.92. The summed E-state index contributed by atoms with van der Waals surface area (Å²) < 4.78 is 54.7. The molecule has 1 N–H and O–H groups in total. The Morgan fingerprint density at radius 2 is 1.89 bits per heavy atom. The summed E-state index contributed by atoms with van der Waals surface area (Å²) >= 11 is 0. The number of benzene rings is 2. The summed E-state index contributed by atoms with van der Waals surface area (Å²) in [6.07, 6.45) is -2.98. The number of hydrogen-bond donors (Lipinski definition) is 1. The molecule has 2 aliphatic rings. The number of nitrogens with one attached hydrogen (secondary N) is 1. The van der Waals surface area contributed by atoms with E-state index in [-0.39, 0.29) is 18.0 Å². The second kappa shape index (κ2) is 9.36. The van der Waals surface area contributed by atoms with Crippen molar-refractivity contribution in [2.75, 3.05) is 30.4 Å². The first kappa shape index (κ1) is 25.6. The summed E-state index contributed by atoms with van der Waals surface area (Å²) in [5.74, 6) is -1.15. The van der Waals surface area contributed by atoms with Crippen molar-refractivity contribution in [1.82, 2.24) is 14.9 Å². The predicted octanol–water partition coefficient (Wildman–Crippen LogP) is 4.80. The Labute approximate surface area is 216 Å². The molecule has 38 heavy (non-hydrogen) atoms. The first-order valence-corrected chi connectivity index (χ1v) is 12.0. The van der Waals surface area contributed by atoms with Crippen LogP contribution in [0.3, 0.4) is 0 Å². The zero-order chi connectivity index (χ0) is 27.2. The predicted molar refractivity (Wildman–Crippen MR) is 132 cm³/mol. The number of carbonyl (C=O) groups excluding carboxylic acids is 1. The lowest BCUT2D eigenvalue weighted by molar-refractivity contribution is -0.140. The number of likely N-dealkylation sites (N-methyl/N-ethyl adjacent to an activating group) is 1. The van der Waals surface area contributed by atoms with Crippen molar-refractivity contribution in [3.63, 3.8) is 0 Å². The minimum absolute atomic E-state index is 0.104. The van der Waals surface area contributed by atoms with Gasteiger partial charge in [-0.05, 0) is 57.3 Å². The van der Waals surface area contributed by atoms with Crippen LogP contribution in [0.25, 0.3) is 0 Å². The van der Waals surface area contributed by atoms with Gasteiger partial charge in [-0.15, -0.1) is 0 Å². The third-order valence-electron chi connectivity index (χ3n) is 7.29. The van der Waals surface area contributed by atoms with Crippen LogP contribution in [0.5, 0.6) is 0 Å². The van der Waals surface area contributed by atoms with Crippen molar-refractivity contribution < 1.29 is 22.4 Å². The highest BCUT2D eigenvalue weighted by Crippen LogP contribution is 2.44. The molecular weight excluding hydrogens is 500 g/mol. The molecule has 3 heterocycles. The molecule has 1 unspecified atom stereocenters. The van der Waals surface area contributed by atoms with Gasteiger partial charge in [-0.25, -0.2) is 14.4 Å². The molecule has 2 aliphatic heterocycles. The highest BCUT2D eigenvalue weighted by atomic mass is 19.4. The topological polar surface area (TPSA) is 85.1 Å². The van der Waals surface area contributed by atoms with Crippen LogP contribution in [-0.2, 0) is 22.9 Å². The number of nitrogens with zero attached hydrogens (tertiary/aromatic N) is 5. The number of likely N-dealkylation sites (tertiary alicyclic amines) is 1. The van der Waals surface area contributed by atoms with E-state index in [1.165, 1.54) is 18.5 Å². The van der Waals surface area contributed by atoms with Crippen LogP contribution < -0.4 is 10.2 Å². The molecule has 2 atom stereocenters. The Balaban J connectivity index is 1.57. The molecule has 1 amide bonds. The van der Waals surface area contributed by atoms with E-state index in [0.717, 1.165) is 0 Å². The van der Waals surface area contributed by atoms with Crippen molar-refractivity contribution >= 4 is 17.4 Å². The Morgan fingerprint density at radius 1 is 1.16 bits per heavy atom. The van der Waals surface area contributed by atoms with Crippen molar-refractivity contribution in [1.29, 1.82) is 5.26 Å². The van der Waals surface area contributed by atoms with Crippen LogP contribution in [0.15, 0.2) is 48.8 Å². The maximum atomic E-state index is 14.9. The molecule has 5 rings (SSSR count). The third-order valence-corrected chi connectivity index (χ3v) is 7.29. The number of aromatic nitrogens is 2. The Morgan fingerprint density at radius 3 is 2.53 bits per heavy atom. The van der Waals surface area contributed by atoms with Gasteiger partial charge in [-0.1, -0.05) is 12.1 Å². The van der Waals surface area contributed by atoms with Crippen LogP contribution in [0.2, 0.25) is 0 Å². The van der Waals surface area contributed by atoms with Gasteiger partial charge in [0.1, 0.15) is 23.4 Å². The van der Waals surface area contributed by atoms with Crippen LogP contribution >= 0.6 is 0 Å². The molecule has 1 spiro atoms. The number of halogens is 4. The number of rotatable bonds is 4. The fraction of sp³-hybridized carbons (Fsp3) is 0.333. The average Bonchev–Trinajstić information content (AvgIpc) is 3.28. The quantitative estimate of drug-likeness (QED) is 0.494. The fourth-order valence-corrected chi connectivity index (χ4v) is 5.37. The molecule has 196 valence electrons. The first-order chi connectivity index (χ1) is 18.0. The number of alkyl halides is 3. The lowest BCUT2D eigenvalue weighted by atomic mass is 9.76. The van der Waals surface area contributed by atoms with Gasteiger partial charge < -0.3 is 15.1 Å². The van der Waals surface area contributed by atoms with Gasteiger partial charge in [-0.3, -0.25) is 4.79 Å². The molecule has 1 fully saturated rings. The molecule has 1 aromatic heterocycles. The van der Waals surface area contributed by atoms with Crippen molar-refractivity contribution in [3.05, 3.63) is 82.6 Å². The van der Waals surface area contributed by atoms with Crippen LogP contribution in [0.4, 0.5) is 29.1 Å². The summed E-state index contributed by atoms with van der Waals surface area (Å²) in [6.45, 7) is 2.76. The standard InChI is InChI=1S/C27H24F4N6O/c1-16(19-4-3-5-21(22(19)28)27(29,30)31)35-24-20-13-37(18-8-6-17(12-32)7-9-18)25(38)26(10-11-36(2)14-26)23(20)33-15-34-24/h3-9,15-16H,10-11,13-14H2,1-2H3,(H,33,34,35)/t16-,26?/m1/s1. The summed E-state index contributed by atoms with van der Waals surface area (Å²) in [4.78, 5) is 26.5. The first-order valence-electron chi connectivity index (χ1n) is 12.0. The summed E-state index contributed by atoms with van der Waals surface area (Å²) in [5.41, 5.74) is -0.202. The Bertz CT molecular complexity index is 1430. The van der Waals surface area contributed by atoms with Crippen LogP contribution in [0, 0.1) is 17.1 Å². The van der Waals surface area contributed by atoms with Crippen molar-refractivity contribution in [2.45, 2.75) is 37.5 Å². The zero-order valence-electron chi connectivity index (χ0n) is 20.7.